The maximum Gasteiger partial charge on any atom is 0.266 e. The van der Waals surface area contributed by atoms with Crippen molar-refractivity contribution in [1.82, 2.24) is 30.7 Å². The quantitative estimate of drug-likeness (QED) is 0.0401. The minimum atomic E-state index is -1.11. The molecule has 58 heavy (non-hydrogen) atoms. The number of primary amides is 1. The first-order valence-electron chi connectivity index (χ1n) is 18.3. The van der Waals surface area contributed by atoms with Gasteiger partial charge in [-0.15, -0.1) is 0 Å². The predicted octanol–water partition coefficient (Wildman–Crippen LogP) is 2.40. The van der Waals surface area contributed by atoms with E-state index in [1.54, 1.807) is 30.3 Å². The Morgan fingerprint density at radius 1 is 0.948 bits per heavy atom. The largest absolute Gasteiger partial charge is 0.483 e. The molecule has 6 amide bonds. The highest BCUT2D eigenvalue weighted by Crippen LogP contribution is 2.34. The lowest BCUT2D eigenvalue weighted by Gasteiger charge is -2.27. The predicted molar refractivity (Wildman–Crippen MR) is 211 cm³/mol. The number of ether oxygens (including phenoxy) is 4. The Bertz CT molecular complexity index is 2160. The monoisotopic (exact) mass is 815 g/mol. The number of carbonyl (C=O) groups is 6. The Hall–Kier alpha value is -6.51. The molecule has 1 atom stereocenters. The average molecular weight is 816 g/mol. The van der Waals surface area contributed by atoms with Gasteiger partial charge in [0.1, 0.15) is 24.0 Å². The Balaban J connectivity index is 0.857. The van der Waals surface area contributed by atoms with E-state index in [9.17, 15) is 28.8 Å². The Morgan fingerprint density at radius 3 is 2.48 bits per heavy atom. The summed E-state index contributed by atoms with van der Waals surface area (Å²) in [6.45, 7) is 2.97. The molecule has 2 aliphatic heterocycles. The van der Waals surface area contributed by atoms with E-state index in [-0.39, 0.29) is 80.7 Å². The molecule has 304 valence electrons. The van der Waals surface area contributed by atoms with E-state index in [0.29, 0.717) is 17.3 Å². The fourth-order valence-corrected chi connectivity index (χ4v) is 6.48. The van der Waals surface area contributed by atoms with E-state index in [4.69, 9.17) is 24.7 Å². The van der Waals surface area contributed by atoms with Gasteiger partial charge in [-0.25, -0.2) is 4.98 Å². The lowest BCUT2D eigenvalue weighted by Crippen LogP contribution is -2.54. The van der Waals surface area contributed by atoms with Gasteiger partial charge in [-0.2, -0.15) is 5.10 Å². The van der Waals surface area contributed by atoms with Crippen molar-refractivity contribution in [3.63, 3.8) is 0 Å². The lowest BCUT2D eigenvalue weighted by atomic mass is 10.0. The van der Waals surface area contributed by atoms with Crippen LogP contribution in [0.5, 0.6) is 11.6 Å². The van der Waals surface area contributed by atoms with Gasteiger partial charge in [0.15, 0.2) is 12.4 Å². The molecule has 0 radical (unpaired) electrons. The average Bonchev–Trinajstić information content (AvgIpc) is 3.75. The van der Waals surface area contributed by atoms with Crippen molar-refractivity contribution in [2.75, 3.05) is 62.0 Å². The second-order valence-corrected chi connectivity index (χ2v) is 13.7. The Kier molecular flexibility index (Phi) is 13.9. The van der Waals surface area contributed by atoms with Crippen LogP contribution in [0.25, 0.3) is 11.3 Å². The van der Waals surface area contributed by atoms with E-state index in [2.05, 4.69) is 42.8 Å². The smallest absolute Gasteiger partial charge is 0.266 e. The number of amides is 6. The summed E-state index contributed by atoms with van der Waals surface area (Å²) in [5.74, 6) is -2.20. The normalized spacial score (nSPS) is 14.8. The van der Waals surface area contributed by atoms with Crippen molar-refractivity contribution >= 4 is 64.6 Å². The van der Waals surface area contributed by atoms with Crippen LogP contribution in [0.15, 0.2) is 60.8 Å². The maximum atomic E-state index is 13.2. The van der Waals surface area contributed by atoms with Gasteiger partial charge in [0, 0.05) is 47.9 Å². The second kappa shape index (κ2) is 19.6. The molecule has 2 aliphatic rings. The fraction of sp³-hybridized carbons (Fsp3) is 0.316. The van der Waals surface area contributed by atoms with Gasteiger partial charge in [-0.05, 0) is 36.8 Å². The molecule has 7 N–H and O–H groups in total. The van der Waals surface area contributed by atoms with Crippen LogP contribution in [0.3, 0.4) is 0 Å². The zero-order valence-corrected chi connectivity index (χ0v) is 32.1. The summed E-state index contributed by atoms with van der Waals surface area (Å²) in [6, 6.07) is 14.2. The SMILES string of the molecule is CCSNc1ccc(-c2[nH]nc(Nc3ccnc(OCCOCCOCCNC(=O)COc4cccc5c4C(=O)N(C4CCC(=O)NC4=O)C5=O)c3)c2C(N)=O)cc1. The summed E-state index contributed by atoms with van der Waals surface area (Å²) in [4.78, 5) is 79.9. The van der Waals surface area contributed by atoms with Crippen molar-refractivity contribution in [1.29, 1.82) is 0 Å². The molecule has 1 saturated heterocycles. The first-order chi connectivity index (χ1) is 28.1. The van der Waals surface area contributed by atoms with Gasteiger partial charge >= 0.3 is 0 Å². The zero-order chi connectivity index (χ0) is 41.0. The topological polar surface area (TPSA) is 258 Å². The number of nitrogens with two attached hydrogens (primary N) is 1. The van der Waals surface area contributed by atoms with Crippen LogP contribution in [0.4, 0.5) is 17.2 Å². The number of pyridine rings is 1. The van der Waals surface area contributed by atoms with Crippen LogP contribution in [-0.4, -0.2) is 114 Å². The third-order valence-corrected chi connectivity index (χ3v) is 9.39. The first-order valence-corrected chi connectivity index (χ1v) is 19.2. The van der Waals surface area contributed by atoms with E-state index in [1.165, 1.54) is 18.2 Å². The van der Waals surface area contributed by atoms with E-state index >= 15 is 0 Å². The van der Waals surface area contributed by atoms with E-state index < -0.39 is 48.1 Å². The maximum absolute atomic E-state index is 13.2. The van der Waals surface area contributed by atoms with Crippen LogP contribution in [-0.2, 0) is 23.9 Å². The molecular formula is C38H41N9O10S. The van der Waals surface area contributed by atoms with Gasteiger partial charge in [-0.3, -0.25) is 44.1 Å². The molecule has 6 rings (SSSR count). The lowest BCUT2D eigenvalue weighted by molar-refractivity contribution is -0.136. The molecule has 20 heteroatoms. The number of aromatic amines is 1. The number of rotatable bonds is 21. The number of hydrogen-bond donors (Lipinski definition) is 6. The number of H-pyrrole nitrogens is 1. The summed E-state index contributed by atoms with van der Waals surface area (Å²) in [7, 11) is 0. The summed E-state index contributed by atoms with van der Waals surface area (Å²) >= 11 is 1.58. The second-order valence-electron chi connectivity index (χ2n) is 12.6. The van der Waals surface area contributed by atoms with Gasteiger partial charge < -0.3 is 40.0 Å². The summed E-state index contributed by atoms with van der Waals surface area (Å²) in [5, 5.41) is 15.1. The highest BCUT2D eigenvalue weighted by Gasteiger charge is 2.46. The molecule has 4 aromatic rings. The Labute approximate surface area is 336 Å². The third kappa shape index (κ3) is 10.1. The van der Waals surface area contributed by atoms with E-state index in [1.807, 2.05) is 24.3 Å². The minimum Gasteiger partial charge on any atom is -0.483 e. The number of aromatic nitrogens is 3. The number of nitrogens with zero attached hydrogens (tertiary/aromatic N) is 3. The number of nitrogens with one attached hydrogen (secondary N) is 5. The van der Waals surface area contributed by atoms with Crippen LogP contribution >= 0.6 is 11.9 Å². The van der Waals surface area contributed by atoms with Crippen LogP contribution in [0.2, 0.25) is 0 Å². The molecule has 0 aliphatic carbocycles. The van der Waals surface area contributed by atoms with Crippen molar-refractivity contribution in [2.24, 2.45) is 5.73 Å². The number of benzene rings is 2. The van der Waals surface area contributed by atoms with Gasteiger partial charge in [0.2, 0.25) is 17.7 Å². The van der Waals surface area contributed by atoms with Crippen molar-refractivity contribution in [2.45, 2.75) is 25.8 Å². The number of hydrogen-bond acceptors (Lipinski definition) is 15. The zero-order valence-electron chi connectivity index (χ0n) is 31.3. The first kappa shape index (κ1) is 41.1. The standard InChI is InChI=1S/C38H41N9O10S/c1-2-58-46-23-8-6-22(7-9-23)33-32(34(39)50)35(45-44-33)42-24-12-13-41-30(20-24)56-19-18-55-17-16-54-15-14-40-29(49)21-57-27-5-3-4-25-31(27)38(53)47(37(25)52)26-10-11-28(48)43-36(26)51/h3-9,12-13,20,26,46H,2,10-11,14-19,21H2,1H3,(H2,39,50)(H,40,49)(H,43,48,51)(H2,41,42,44,45). The number of carbonyl (C=O) groups excluding carboxylic acids is 6. The van der Waals surface area contributed by atoms with E-state index in [0.717, 1.165) is 21.9 Å². The molecule has 0 bridgehead atoms. The molecule has 0 spiro atoms. The molecule has 0 saturated carbocycles. The molecule has 4 heterocycles. The molecule has 1 unspecified atom stereocenters. The van der Waals surface area contributed by atoms with Gasteiger partial charge in [0.05, 0.1) is 43.2 Å². The number of anilines is 3. The summed E-state index contributed by atoms with van der Waals surface area (Å²) < 4.78 is 25.6. The highest BCUT2D eigenvalue weighted by atomic mass is 32.2. The molecule has 1 fully saturated rings. The number of piperidine rings is 1. The molecule has 2 aromatic heterocycles. The van der Waals surface area contributed by atoms with Crippen LogP contribution < -0.4 is 35.9 Å². The minimum absolute atomic E-state index is 0.000693. The summed E-state index contributed by atoms with van der Waals surface area (Å²) in [5.41, 5.74) is 8.69. The van der Waals surface area contributed by atoms with Crippen molar-refractivity contribution in [3.8, 4) is 22.9 Å². The van der Waals surface area contributed by atoms with Crippen molar-refractivity contribution < 1.29 is 47.7 Å². The van der Waals surface area contributed by atoms with Crippen LogP contribution in [0, 0.1) is 0 Å². The highest BCUT2D eigenvalue weighted by molar-refractivity contribution is 8.00. The van der Waals surface area contributed by atoms with Gasteiger partial charge in [0.25, 0.3) is 23.6 Å². The third-order valence-electron chi connectivity index (χ3n) is 8.73. The molecular weight excluding hydrogens is 775 g/mol. The summed E-state index contributed by atoms with van der Waals surface area (Å²) in [6.07, 6.45) is 1.57. The number of imide groups is 2. The van der Waals surface area contributed by atoms with Crippen molar-refractivity contribution in [3.05, 3.63) is 77.5 Å². The molecule has 2 aromatic carbocycles. The fourth-order valence-electron chi connectivity index (χ4n) is 6.03. The number of fused-ring (bicyclic) bond motifs is 1. The van der Waals surface area contributed by atoms with Crippen LogP contribution in [0.1, 0.15) is 50.8 Å². The van der Waals surface area contributed by atoms with Gasteiger partial charge in [-0.1, -0.05) is 37.1 Å². The molecule has 19 nitrogen and oxygen atoms in total. The Morgan fingerprint density at radius 2 is 1.72 bits per heavy atom.